The van der Waals surface area contributed by atoms with Gasteiger partial charge in [0.1, 0.15) is 0 Å². The molecule has 0 heterocycles. The molecule has 332 valence electrons. The van der Waals surface area contributed by atoms with E-state index in [-0.39, 0.29) is 28.3 Å². The Labute approximate surface area is 384 Å². The zero-order valence-electron chi connectivity index (χ0n) is 41.1. The Hall–Kier alpha value is -3.80. The standard InChI is InChI=1S/C18H15S.3C6H6.3C3H8.6C2H6.Al.3H/c1-4-10-16(11-5-1)19(17-12-6-2-7-13-17)18-14-8-3-9-15-18;3*1-2-4-6-5-3-1;3*1-3-2;6*1-2;;;;/h1-15H;3*1-6H;3*3H2,1-2H3;6*1-2H3;;;;/q+1;;;;;;;;;;;;;;;;. The third-order valence-electron chi connectivity index (χ3n) is 4.94. The molecule has 59 heavy (non-hydrogen) atoms. The highest BCUT2D eigenvalue weighted by atomic mass is 32.2. The summed E-state index contributed by atoms with van der Waals surface area (Å²) in [5.74, 6) is 0. The molecule has 2 heteroatoms. The normalized spacial score (nSPS) is 7.37. The van der Waals surface area contributed by atoms with Crippen LogP contribution in [-0.2, 0) is 10.9 Å². The second kappa shape index (κ2) is 78.5. The van der Waals surface area contributed by atoms with Crippen molar-refractivity contribution in [2.45, 2.75) is 159 Å². The molecule has 0 aliphatic rings. The molecule has 0 spiro atoms. The molecule has 0 aromatic heterocycles. The van der Waals surface area contributed by atoms with E-state index >= 15 is 0 Å². The second-order valence-corrected chi connectivity index (χ2v) is 11.9. The van der Waals surface area contributed by atoms with Crippen molar-refractivity contribution in [1.29, 1.82) is 0 Å². The fourth-order valence-corrected chi connectivity index (χ4v) is 5.34. The van der Waals surface area contributed by atoms with Gasteiger partial charge in [0.15, 0.2) is 32.0 Å². The molecule has 0 saturated carbocycles. The third kappa shape index (κ3) is 58.6. The van der Waals surface area contributed by atoms with Crippen molar-refractivity contribution in [2.75, 3.05) is 0 Å². The molecular formula is C57H96AlS+. The van der Waals surface area contributed by atoms with Crippen LogP contribution < -0.4 is 0 Å². The average Bonchev–Trinajstić information content (AvgIpc) is 3.35. The van der Waals surface area contributed by atoms with Gasteiger partial charge in [-0.15, -0.1) is 0 Å². The van der Waals surface area contributed by atoms with Gasteiger partial charge >= 0.3 is 0 Å². The van der Waals surface area contributed by atoms with Crippen LogP contribution in [0.25, 0.3) is 0 Å². The van der Waals surface area contributed by atoms with Gasteiger partial charge in [-0.2, -0.15) is 0 Å². The summed E-state index contributed by atoms with van der Waals surface area (Å²) in [6.07, 6.45) is 3.75. The van der Waals surface area contributed by atoms with Crippen molar-refractivity contribution < 1.29 is 0 Å². The molecule has 0 saturated heterocycles. The quantitative estimate of drug-likeness (QED) is 0.123. The second-order valence-electron chi connectivity index (χ2n) is 9.83. The van der Waals surface area contributed by atoms with Gasteiger partial charge in [0.2, 0.25) is 0 Å². The predicted octanol–water partition coefficient (Wildman–Crippen LogP) is 19.1. The lowest BCUT2D eigenvalue weighted by Gasteiger charge is -2.07. The highest BCUT2D eigenvalue weighted by molar-refractivity contribution is 7.97. The molecule has 6 rings (SSSR count). The smallest absolute Gasteiger partial charge is 0.0683 e. The zero-order chi connectivity index (χ0) is 45.8. The van der Waals surface area contributed by atoms with E-state index in [1.807, 2.05) is 192 Å². The minimum atomic E-state index is -0.0146. The Kier molecular flexibility index (Phi) is 96.9. The zero-order valence-corrected chi connectivity index (χ0v) is 41.9. The first-order chi connectivity index (χ1) is 28.7. The molecule has 6 aromatic rings. The van der Waals surface area contributed by atoms with Crippen LogP contribution in [0.1, 0.15) is 144 Å². The minimum Gasteiger partial charge on any atom is -0.0683 e. The third-order valence-corrected chi connectivity index (χ3v) is 7.17. The Bertz CT molecular complexity index is 1080. The van der Waals surface area contributed by atoms with Gasteiger partial charge in [0, 0.05) is 0 Å². The molecule has 0 amide bonds. The van der Waals surface area contributed by atoms with Crippen molar-refractivity contribution in [3.63, 3.8) is 0 Å². The molecule has 0 aliphatic carbocycles. The molecule has 0 aliphatic heterocycles. The van der Waals surface area contributed by atoms with Gasteiger partial charge in [-0.05, 0) is 36.4 Å². The van der Waals surface area contributed by atoms with Crippen molar-refractivity contribution in [3.05, 3.63) is 200 Å². The van der Waals surface area contributed by atoms with E-state index in [2.05, 4.69) is 133 Å². The summed E-state index contributed by atoms with van der Waals surface area (Å²) in [5.41, 5.74) is 0. The van der Waals surface area contributed by atoms with Gasteiger partial charge in [-0.25, -0.2) is 0 Å². The lowest BCUT2D eigenvalue weighted by Crippen LogP contribution is -2.04. The first kappa shape index (κ1) is 72.8. The Morgan fingerprint density at radius 1 is 0.220 bits per heavy atom. The van der Waals surface area contributed by atoms with Crippen LogP contribution in [0.3, 0.4) is 0 Å². The summed E-state index contributed by atoms with van der Waals surface area (Å²) < 4.78 is 0. The molecule has 6 aromatic carbocycles. The summed E-state index contributed by atoms with van der Waals surface area (Å²) in [6.45, 7) is 36.8. The van der Waals surface area contributed by atoms with Crippen molar-refractivity contribution in [1.82, 2.24) is 0 Å². The number of hydrogen-bond donors (Lipinski definition) is 0. The average molecular weight is 840 g/mol. The predicted molar refractivity (Wildman–Crippen MR) is 287 cm³/mol. The molecular weight excluding hydrogens is 744 g/mol. The highest BCUT2D eigenvalue weighted by Gasteiger charge is 2.27. The van der Waals surface area contributed by atoms with E-state index in [1.165, 1.54) is 33.9 Å². The van der Waals surface area contributed by atoms with Crippen LogP contribution in [0.5, 0.6) is 0 Å². The largest absolute Gasteiger partial charge is 0.187 e. The fourth-order valence-electron chi connectivity index (χ4n) is 3.23. The van der Waals surface area contributed by atoms with Crippen LogP contribution in [0.4, 0.5) is 0 Å². The highest BCUT2D eigenvalue weighted by Crippen LogP contribution is 2.30. The number of rotatable bonds is 3. The Morgan fingerprint density at radius 3 is 0.407 bits per heavy atom. The van der Waals surface area contributed by atoms with Gasteiger partial charge in [0.05, 0.1) is 10.9 Å². The first-order valence-corrected chi connectivity index (χ1v) is 23.8. The molecule has 0 N–H and O–H groups in total. The first-order valence-electron chi connectivity index (χ1n) is 22.6. The van der Waals surface area contributed by atoms with Crippen LogP contribution in [0.15, 0.2) is 215 Å². The molecule has 0 bridgehead atoms. The van der Waals surface area contributed by atoms with Gasteiger partial charge in [-0.1, -0.05) is 308 Å². The van der Waals surface area contributed by atoms with Crippen molar-refractivity contribution in [2.24, 2.45) is 0 Å². The molecule has 0 unspecified atom stereocenters. The summed E-state index contributed by atoms with van der Waals surface area (Å²) in [6, 6.07) is 68.2. The van der Waals surface area contributed by atoms with Gasteiger partial charge in [-0.3, -0.25) is 0 Å². The molecule has 0 nitrogen and oxygen atoms in total. The van der Waals surface area contributed by atoms with Crippen LogP contribution in [0, 0.1) is 0 Å². The molecule has 0 radical (unpaired) electrons. The lowest BCUT2D eigenvalue weighted by molar-refractivity contribution is 1.09. The monoisotopic (exact) mass is 840 g/mol. The van der Waals surface area contributed by atoms with Crippen LogP contribution >= 0.6 is 0 Å². The van der Waals surface area contributed by atoms with E-state index in [1.54, 1.807) is 0 Å². The maximum absolute atomic E-state index is 2.21. The van der Waals surface area contributed by atoms with Gasteiger partial charge in [0.25, 0.3) is 0 Å². The number of benzene rings is 6. The van der Waals surface area contributed by atoms with Crippen LogP contribution in [0.2, 0.25) is 0 Å². The van der Waals surface area contributed by atoms with E-state index < -0.39 is 0 Å². The summed E-state index contributed by atoms with van der Waals surface area (Å²) >= 11 is 0. The minimum absolute atomic E-state index is 0. The summed E-state index contributed by atoms with van der Waals surface area (Å²) in [5, 5.41) is 0. The fraction of sp³-hybridized carbons (Fsp3) is 0.368. The van der Waals surface area contributed by atoms with Gasteiger partial charge < -0.3 is 0 Å². The molecule has 0 fully saturated rings. The van der Waals surface area contributed by atoms with E-state index in [0.29, 0.717) is 0 Å². The molecule has 0 atom stereocenters. The lowest BCUT2D eigenvalue weighted by atomic mass is 10.4. The maximum atomic E-state index is 2.21. The van der Waals surface area contributed by atoms with Crippen molar-refractivity contribution in [3.8, 4) is 0 Å². The van der Waals surface area contributed by atoms with E-state index in [0.717, 1.165) is 0 Å². The van der Waals surface area contributed by atoms with E-state index in [9.17, 15) is 0 Å². The topological polar surface area (TPSA) is 0 Å². The van der Waals surface area contributed by atoms with Crippen LogP contribution in [-0.4, -0.2) is 17.4 Å². The summed E-state index contributed by atoms with van der Waals surface area (Å²) in [4.78, 5) is 4.08. The van der Waals surface area contributed by atoms with Crippen molar-refractivity contribution >= 4 is 28.3 Å². The van der Waals surface area contributed by atoms with E-state index in [4.69, 9.17) is 0 Å². The summed E-state index contributed by atoms with van der Waals surface area (Å²) in [7, 11) is -0.0146. The Balaban J connectivity index is -0.0000000915. The SMILES string of the molecule is CC.CC.CC.CC.CC.CC.CCC.CCC.CCC.[AlH3].c1ccc([S+](c2ccccc2)c2ccccc2)cc1.c1ccccc1.c1ccccc1.c1ccccc1. The number of hydrogen-bond acceptors (Lipinski definition) is 0. The maximum Gasteiger partial charge on any atom is 0.187 e. The Morgan fingerprint density at radius 2 is 0.305 bits per heavy atom.